The van der Waals surface area contributed by atoms with E-state index in [0.717, 1.165) is 18.5 Å². The molecular formula is C16H24FN3O. The van der Waals surface area contributed by atoms with Crippen molar-refractivity contribution >= 4 is 11.6 Å². The topological polar surface area (TPSA) is 35.6 Å². The third-order valence-electron chi connectivity index (χ3n) is 3.74. The highest BCUT2D eigenvalue weighted by Crippen LogP contribution is 2.22. The third-order valence-corrected chi connectivity index (χ3v) is 3.74. The third kappa shape index (κ3) is 4.17. The number of carbonyl (C=O) groups excluding carboxylic acids is 1. The minimum atomic E-state index is -0.254. The van der Waals surface area contributed by atoms with Crippen molar-refractivity contribution in [2.45, 2.75) is 32.9 Å². The highest BCUT2D eigenvalue weighted by Gasteiger charge is 2.21. The lowest BCUT2D eigenvalue weighted by Gasteiger charge is -2.23. The van der Waals surface area contributed by atoms with Gasteiger partial charge >= 0.3 is 0 Å². The second-order valence-corrected chi connectivity index (χ2v) is 5.91. The van der Waals surface area contributed by atoms with Gasteiger partial charge in [0.15, 0.2) is 0 Å². The van der Waals surface area contributed by atoms with Crippen molar-refractivity contribution in [1.29, 1.82) is 0 Å². The van der Waals surface area contributed by atoms with E-state index in [0.29, 0.717) is 24.8 Å². The number of carbonyl (C=O) groups is 1. The molecule has 0 atom stereocenters. The van der Waals surface area contributed by atoms with Crippen LogP contribution in [0.15, 0.2) is 18.2 Å². The predicted octanol–water partition coefficient (Wildman–Crippen LogP) is 1.99. The fraction of sp³-hybridized carbons (Fsp3) is 0.562. The van der Waals surface area contributed by atoms with E-state index in [1.54, 1.807) is 24.1 Å². The summed E-state index contributed by atoms with van der Waals surface area (Å²) in [6, 6.07) is 5.63. The predicted molar refractivity (Wildman–Crippen MR) is 82.8 cm³/mol. The molecule has 0 aromatic heterocycles. The molecule has 1 fully saturated rings. The van der Waals surface area contributed by atoms with Gasteiger partial charge in [-0.2, -0.15) is 0 Å². The molecule has 1 N–H and O–H groups in total. The van der Waals surface area contributed by atoms with Crippen LogP contribution in [0.5, 0.6) is 0 Å². The molecule has 21 heavy (non-hydrogen) atoms. The molecule has 0 bridgehead atoms. The number of likely N-dealkylation sites (N-methyl/N-ethyl adjacent to an activating group) is 1. The van der Waals surface area contributed by atoms with Crippen molar-refractivity contribution in [3.8, 4) is 0 Å². The zero-order chi connectivity index (χ0) is 15.4. The maximum atomic E-state index is 14.3. The van der Waals surface area contributed by atoms with Crippen LogP contribution in [-0.4, -0.2) is 43.5 Å². The normalized spacial score (nSPS) is 16.5. The number of hydrogen-bond acceptors (Lipinski definition) is 3. The van der Waals surface area contributed by atoms with Gasteiger partial charge in [0.1, 0.15) is 5.82 Å². The Morgan fingerprint density at radius 2 is 2.10 bits per heavy atom. The van der Waals surface area contributed by atoms with Crippen molar-refractivity contribution in [3.63, 3.8) is 0 Å². The average molecular weight is 293 g/mol. The molecule has 0 aliphatic carbocycles. The minimum absolute atomic E-state index is 0.0393. The van der Waals surface area contributed by atoms with Crippen LogP contribution >= 0.6 is 0 Å². The lowest BCUT2D eigenvalue weighted by Crippen LogP contribution is -2.34. The minimum Gasteiger partial charge on any atom is -0.360 e. The monoisotopic (exact) mass is 293 g/mol. The number of halogens is 1. The quantitative estimate of drug-likeness (QED) is 0.922. The zero-order valence-electron chi connectivity index (χ0n) is 13.0. The highest BCUT2D eigenvalue weighted by molar-refractivity contribution is 5.81. The molecule has 1 aliphatic heterocycles. The Morgan fingerprint density at radius 1 is 1.33 bits per heavy atom. The van der Waals surface area contributed by atoms with Gasteiger partial charge in [0, 0.05) is 32.7 Å². The summed E-state index contributed by atoms with van der Waals surface area (Å²) in [5, 5.41) is 3.27. The smallest absolute Gasteiger partial charge is 0.241 e. The van der Waals surface area contributed by atoms with E-state index < -0.39 is 0 Å². The number of anilines is 1. The van der Waals surface area contributed by atoms with Gasteiger partial charge in [-0.25, -0.2) is 4.39 Å². The second-order valence-electron chi connectivity index (χ2n) is 5.91. The summed E-state index contributed by atoms with van der Waals surface area (Å²) in [4.78, 5) is 15.4. The Hall–Kier alpha value is -1.62. The van der Waals surface area contributed by atoms with Crippen molar-refractivity contribution < 1.29 is 9.18 Å². The Morgan fingerprint density at radius 3 is 2.76 bits per heavy atom. The van der Waals surface area contributed by atoms with Crippen LogP contribution in [0.4, 0.5) is 10.1 Å². The number of benzene rings is 1. The first-order valence-corrected chi connectivity index (χ1v) is 7.48. The molecule has 0 saturated carbocycles. The number of nitrogens with one attached hydrogen (secondary N) is 1. The molecule has 2 rings (SSSR count). The summed E-state index contributed by atoms with van der Waals surface area (Å²) in [6.07, 6.45) is 0.859. The zero-order valence-corrected chi connectivity index (χ0v) is 13.0. The Kier molecular flexibility index (Phi) is 5.17. The van der Waals surface area contributed by atoms with Crippen molar-refractivity contribution in [3.05, 3.63) is 29.6 Å². The fourth-order valence-electron chi connectivity index (χ4n) is 2.43. The molecule has 1 amide bonds. The maximum absolute atomic E-state index is 14.3. The highest BCUT2D eigenvalue weighted by atomic mass is 19.1. The van der Waals surface area contributed by atoms with Gasteiger partial charge in [0.25, 0.3) is 0 Å². The largest absolute Gasteiger partial charge is 0.360 e. The van der Waals surface area contributed by atoms with Crippen LogP contribution in [0.25, 0.3) is 0 Å². The van der Waals surface area contributed by atoms with Crippen LogP contribution in [0.1, 0.15) is 25.8 Å². The van der Waals surface area contributed by atoms with Gasteiger partial charge in [0.2, 0.25) is 5.91 Å². The van der Waals surface area contributed by atoms with Gasteiger partial charge in [-0.15, -0.1) is 0 Å². The lowest BCUT2D eigenvalue weighted by molar-refractivity contribution is -0.127. The molecule has 1 heterocycles. The molecular weight excluding hydrogens is 269 g/mol. The summed E-state index contributed by atoms with van der Waals surface area (Å²) < 4.78 is 14.3. The van der Waals surface area contributed by atoms with E-state index in [9.17, 15) is 9.18 Å². The molecule has 0 spiro atoms. The number of nitrogens with zero attached hydrogens (tertiary/aromatic N) is 2. The van der Waals surface area contributed by atoms with E-state index in [1.807, 2.05) is 11.0 Å². The molecule has 5 heteroatoms. The Balaban J connectivity index is 2.11. The van der Waals surface area contributed by atoms with E-state index in [4.69, 9.17) is 0 Å². The SMILES string of the molecule is CC(C)NCc1ccc(N2CCCN(C)C(=O)C2)c(F)c1. The molecule has 1 saturated heterocycles. The van der Waals surface area contributed by atoms with Crippen LogP contribution < -0.4 is 10.2 Å². The first-order valence-electron chi connectivity index (χ1n) is 7.48. The maximum Gasteiger partial charge on any atom is 0.241 e. The van der Waals surface area contributed by atoms with Gasteiger partial charge in [-0.3, -0.25) is 4.79 Å². The molecule has 1 aromatic carbocycles. The summed E-state index contributed by atoms with van der Waals surface area (Å²) in [5.74, 6) is -0.215. The summed E-state index contributed by atoms with van der Waals surface area (Å²) in [7, 11) is 1.79. The summed E-state index contributed by atoms with van der Waals surface area (Å²) in [5.41, 5.74) is 1.44. The van der Waals surface area contributed by atoms with E-state index >= 15 is 0 Å². The van der Waals surface area contributed by atoms with Gasteiger partial charge < -0.3 is 15.1 Å². The number of rotatable bonds is 4. The van der Waals surface area contributed by atoms with E-state index in [2.05, 4.69) is 19.2 Å². The molecule has 0 unspecified atom stereocenters. The van der Waals surface area contributed by atoms with Gasteiger partial charge in [-0.1, -0.05) is 19.9 Å². The van der Waals surface area contributed by atoms with Gasteiger partial charge in [0.05, 0.1) is 12.2 Å². The second kappa shape index (κ2) is 6.89. The molecule has 1 aromatic rings. The Bertz CT molecular complexity index is 504. The van der Waals surface area contributed by atoms with Crippen LogP contribution in [0.3, 0.4) is 0 Å². The molecule has 1 aliphatic rings. The fourth-order valence-corrected chi connectivity index (χ4v) is 2.43. The van der Waals surface area contributed by atoms with Crippen molar-refractivity contribution in [2.75, 3.05) is 31.6 Å². The van der Waals surface area contributed by atoms with Gasteiger partial charge in [-0.05, 0) is 24.1 Å². The first-order chi connectivity index (χ1) is 9.97. The van der Waals surface area contributed by atoms with Crippen molar-refractivity contribution in [1.82, 2.24) is 10.2 Å². The first kappa shape index (κ1) is 15.8. The average Bonchev–Trinajstić information content (AvgIpc) is 2.59. The lowest BCUT2D eigenvalue weighted by atomic mass is 10.1. The summed E-state index contributed by atoms with van der Waals surface area (Å²) in [6.45, 7) is 6.45. The standard InChI is InChI=1S/C16H24FN3O/c1-12(2)18-10-13-5-6-15(14(17)9-13)20-8-4-7-19(3)16(21)11-20/h5-6,9,12,18H,4,7-8,10-11H2,1-3H3. The number of amides is 1. The van der Waals surface area contributed by atoms with Crippen LogP contribution in [-0.2, 0) is 11.3 Å². The number of hydrogen-bond donors (Lipinski definition) is 1. The van der Waals surface area contributed by atoms with Crippen molar-refractivity contribution in [2.24, 2.45) is 0 Å². The molecule has 116 valence electrons. The molecule has 0 radical (unpaired) electrons. The van der Waals surface area contributed by atoms with Crippen LogP contribution in [0, 0.1) is 5.82 Å². The Labute approximate surface area is 125 Å². The molecule has 4 nitrogen and oxygen atoms in total. The van der Waals surface area contributed by atoms with E-state index in [1.165, 1.54) is 0 Å². The van der Waals surface area contributed by atoms with Crippen LogP contribution in [0.2, 0.25) is 0 Å². The van der Waals surface area contributed by atoms with E-state index in [-0.39, 0.29) is 18.3 Å². The summed E-state index contributed by atoms with van der Waals surface area (Å²) >= 11 is 0.